The zero-order valence-corrected chi connectivity index (χ0v) is 15.9. The molecule has 0 spiro atoms. The first-order valence-electron chi connectivity index (χ1n) is 8.76. The molecule has 0 aliphatic heterocycles. The van der Waals surface area contributed by atoms with Gasteiger partial charge in [-0.25, -0.2) is 4.68 Å². The molecular formula is C19H22F3N3O3. The molecule has 6 nitrogen and oxygen atoms in total. The Morgan fingerprint density at radius 1 is 1.18 bits per heavy atom. The molecule has 0 radical (unpaired) electrons. The van der Waals surface area contributed by atoms with Crippen LogP contribution in [-0.2, 0) is 11.2 Å². The lowest BCUT2D eigenvalue weighted by Gasteiger charge is -2.22. The normalized spacial score (nSPS) is 11.5. The van der Waals surface area contributed by atoms with Crippen LogP contribution in [0.3, 0.4) is 0 Å². The van der Waals surface area contributed by atoms with E-state index in [0.717, 1.165) is 16.2 Å². The van der Waals surface area contributed by atoms with Gasteiger partial charge in [-0.3, -0.25) is 9.59 Å². The maximum Gasteiger partial charge on any atom is 0.406 e. The van der Waals surface area contributed by atoms with Crippen molar-refractivity contribution in [2.24, 2.45) is 0 Å². The van der Waals surface area contributed by atoms with Crippen molar-refractivity contribution in [2.45, 2.75) is 39.8 Å². The fourth-order valence-corrected chi connectivity index (χ4v) is 2.99. The first kappa shape index (κ1) is 21.5. The van der Waals surface area contributed by atoms with E-state index in [1.807, 2.05) is 6.92 Å². The first-order valence-corrected chi connectivity index (χ1v) is 8.76. The molecule has 2 rings (SSSR count). The Labute approximate surface area is 160 Å². The van der Waals surface area contributed by atoms with E-state index in [1.54, 1.807) is 23.7 Å². The summed E-state index contributed by atoms with van der Waals surface area (Å²) in [5, 5.41) is 13.3. The molecule has 1 aromatic heterocycles. The van der Waals surface area contributed by atoms with Crippen molar-refractivity contribution in [1.29, 1.82) is 0 Å². The standard InChI is InChI=1S/C19H22F3N3O3/c1-4-24(11-19(20,21)22)18(28)14-5-7-15(8-6-14)25-13(3)16(12(2)23-25)9-10-17(26)27/h5-8H,4,9-11H2,1-3H3,(H,26,27). The van der Waals surface area contributed by atoms with Crippen LogP contribution in [0.25, 0.3) is 5.69 Å². The van der Waals surface area contributed by atoms with Crippen molar-refractivity contribution in [1.82, 2.24) is 14.7 Å². The quantitative estimate of drug-likeness (QED) is 0.776. The molecule has 152 valence electrons. The number of halogens is 3. The van der Waals surface area contributed by atoms with E-state index in [0.29, 0.717) is 17.8 Å². The summed E-state index contributed by atoms with van der Waals surface area (Å²) in [5.74, 6) is -1.59. The summed E-state index contributed by atoms with van der Waals surface area (Å²) < 4.78 is 39.5. The molecule has 1 N–H and O–H groups in total. The van der Waals surface area contributed by atoms with Gasteiger partial charge in [0.1, 0.15) is 6.54 Å². The summed E-state index contributed by atoms with van der Waals surface area (Å²) in [4.78, 5) is 23.9. The lowest BCUT2D eigenvalue weighted by molar-refractivity contribution is -0.140. The van der Waals surface area contributed by atoms with E-state index in [-0.39, 0.29) is 18.5 Å². The van der Waals surface area contributed by atoms with E-state index in [9.17, 15) is 22.8 Å². The van der Waals surface area contributed by atoms with Gasteiger partial charge < -0.3 is 10.0 Å². The maximum atomic E-state index is 12.6. The number of carbonyl (C=O) groups is 2. The zero-order chi connectivity index (χ0) is 21.1. The van der Waals surface area contributed by atoms with Crippen LogP contribution >= 0.6 is 0 Å². The highest BCUT2D eigenvalue weighted by molar-refractivity contribution is 5.94. The molecule has 0 saturated carbocycles. The summed E-state index contributed by atoms with van der Waals surface area (Å²) in [6.45, 7) is 3.75. The number of nitrogens with zero attached hydrogens (tertiary/aromatic N) is 3. The van der Waals surface area contributed by atoms with Crippen LogP contribution in [0.5, 0.6) is 0 Å². The second kappa shape index (κ2) is 8.45. The van der Waals surface area contributed by atoms with Gasteiger partial charge in [-0.2, -0.15) is 18.3 Å². The molecule has 2 aromatic rings. The van der Waals surface area contributed by atoms with Crippen molar-refractivity contribution < 1.29 is 27.9 Å². The smallest absolute Gasteiger partial charge is 0.406 e. The van der Waals surface area contributed by atoms with E-state index in [1.165, 1.54) is 19.1 Å². The molecule has 1 amide bonds. The molecule has 0 atom stereocenters. The highest BCUT2D eigenvalue weighted by Gasteiger charge is 2.32. The van der Waals surface area contributed by atoms with Gasteiger partial charge in [0.2, 0.25) is 0 Å². The summed E-state index contributed by atoms with van der Waals surface area (Å²) in [6, 6.07) is 6.14. The zero-order valence-electron chi connectivity index (χ0n) is 15.9. The number of rotatable bonds is 7. The summed E-state index contributed by atoms with van der Waals surface area (Å²) in [7, 11) is 0. The fraction of sp³-hybridized carbons (Fsp3) is 0.421. The SMILES string of the molecule is CCN(CC(F)(F)F)C(=O)c1ccc(-n2nc(C)c(CCC(=O)O)c2C)cc1. The van der Waals surface area contributed by atoms with Crippen molar-refractivity contribution in [3.05, 3.63) is 46.8 Å². The number of aryl methyl sites for hydroxylation is 1. The van der Waals surface area contributed by atoms with Gasteiger partial charge in [0, 0.05) is 24.2 Å². The van der Waals surface area contributed by atoms with Gasteiger partial charge in [-0.15, -0.1) is 0 Å². The second-order valence-electron chi connectivity index (χ2n) is 6.44. The molecule has 9 heteroatoms. The van der Waals surface area contributed by atoms with Crippen LogP contribution in [0.2, 0.25) is 0 Å². The maximum absolute atomic E-state index is 12.6. The third-order valence-corrected chi connectivity index (χ3v) is 4.43. The molecule has 1 heterocycles. The van der Waals surface area contributed by atoms with Gasteiger partial charge in [-0.05, 0) is 57.0 Å². The Balaban J connectivity index is 2.24. The number of carboxylic acids is 1. The highest BCUT2D eigenvalue weighted by atomic mass is 19.4. The predicted octanol–water partition coefficient (Wildman–Crippen LogP) is 3.53. The Hall–Kier alpha value is -2.84. The van der Waals surface area contributed by atoms with Crippen LogP contribution in [0.1, 0.15) is 40.7 Å². The average Bonchev–Trinajstić information content (AvgIpc) is 2.90. The molecule has 28 heavy (non-hydrogen) atoms. The molecule has 0 bridgehead atoms. The van der Waals surface area contributed by atoms with Crippen LogP contribution in [-0.4, -0.2) is 50.9 Å². The lowest BCUT2D eigenvalue weighted by atomic mass is 10.1. The summed E-state index contributed by atoms with van der Waals surface area (Å²) >= 11 is 0. The molecule has 0 saturated heterocycles. The molecular weight excluding hydrogens is 375 g/mol. The number of hydrogen-bond donors (Lipinski definition) is 1. The van der Waals surface area contributed by atoms with Gasteiger partial charge in [0.25, 0.3) is 5.91 Å². The minimum atomic E-state index is -4.46. The van der Waals surface area contributed by atoms with Crippen molar-refractivity contribution in [2.75, 3.05) is 13.1 Å². The average molecular weight is 397 g/mol. The lowest BCUT2D eigenvalue weighted by Crippen LogP contribution is -2.38. The Morgan fingerprint density at radius 2 is 1.79 bits per heavy atom. The molecule has 1 aromatic carbocycles. The fourth-order valence-electron chi connectivity index (χ4n) is 2.99. The number of aromatic nitrogens is 2. The van der Waals surface area contributed by atoms with Crippen LogP contribution in [0.4, 0.5) is 13.2 Å². The molecule has 0 aliphatic rings. The highest BCUT2D eigenvalue weighted by Crippen LogP contribution is 2.21. The predicted molar refractivity (Wildman–Crippen MR) is 96.6 cm³/mol. The minimum Gasteiger partial charge on any atom is -0.481 e. The third-order valence-electron chi connectivity index (χ3n) is 4.43. The largest absolute Gasteiger partial charge is 0.481 e. The Morgan fingerprint density at radius 3 is 2.29 bits per heavy atom. The van der Waals surface area contributed by atoms with E-state index < -0.39 is 24.6 Å². The number of alkyl halides is 3. The van der Waals surface area contributed by atoms with E-state index in [4.69, 9.17) is 5.11 Å². The topological polar surface area (TPSA) is 75.4 Å². The van der Waals surface area contributed by atoms with Crippen LogP contribution in [0, 0.1) is 13.8 Å². The first-order chi connectivity index (χ1) is 13.0. The van der Waals surface area contributed by atoms with E-state index in [2.05, 4.69) is 5.10 Å². The molecule has 0 fully saturated rings. The number of hydrogen-bond acceptors (Lipinski definition) is 3. The van der Waals surface area contributed by atoms with Gasteiger partial charge >= 0.3 is 12.1 Å². The number of aliphatic carboxylic acids is 1. The van der Waals surface area contributed by atoms with Crippen molar-refractivity contribution in [3.8, 4) is 5.69 Å². The van der Waals surface area contributed by atoms with Crippen molar-refractivity contribution >= 4 is 11.9 Å². The third kappa shape index (κ3) is 5.11. The van der Waals surface area contributed by atoms with Gasteiger partial charge in [-0.1, -0.05) is 0 Å². The summed E-state index contributed by atoms with van der Waals surface area (Å²) in [6.07, 6.45) is -4.11. The molecule has 0 aliphatic carbocycles. The second-order valence-corrected chi connectivity index (χ2v) is 6.44. The van der Waals surface area contributed by atoms with Crippen LogP contribution in [0.15, 0.2) is 24.3 Å². The summed E-state index contributed by atoms with van der Waals surface area (Å²) in [5.41, 5.74) is 3.12. The Bertz CT molecular complexity index is 858. The van der Waals surface area contributed by atoms with Gasteiger partial charge in [0.15, 0.2) is 0 Å². The number of carbonyl (C=O) groups excluding carboxylic acids is 1. The van der Waals surface area contributed by atoms with E-state index >= 15 is 0 Å². The van der Waals surface area contributed by atoms with Crippen LogP contribution < -0.4 is 0 Å². The van der Waals surface area contributed by atoms with Gasteiger partial charge in [0.05, 0.1) is 11.4 Å². The monoisotopic (exact) mass is 397 g/mol. The number of benzene rings is 1. The minimum absolute atomic E-state index is 0.00707. The number of carboxylic acid groups (broad SMARTS) is 1. The number of amides is 1. The molecule has 0 unspecified atom stereocenters. The van der Waals surface area contributed by atoms with Crippen molar-refractivity contribution in [3.63, 3.8) is 0 Å². The Kier molecular flexibility index (Phi) is 6.48.